The van der Waals surface area contributed by atoms with E-state index in [2.05, 4.69) is 201 Å². The lowest BCUT2D eigenvalue weighted by Crippen LogP contribution is -2.17. The maximum absolute atomic E-state index is 6.60. The van der Waals surface area contributed by atoms with Crippen molar-refractivity contribution < 1.29 is 8.83 Å². The smallest absolute Gasteiger partial charge is 0.137 e. The molecule has 3 nitrogen and oxygen atoms in total. The molecule has 0 radical (unpaired) electrons. The molecule has 0 unspecified atom stereocenters. The van der Waals surface area contributed by atoms with Crippen LogP contribution in [0.3, 0.4) is 0 Å². The Kier molecular flexibility index (Phi) is 7.58. The minimum absolute atomic E-state index is 0.169. The maximum Gasteiger partial charge on any atom is 0.137 e. The van der Waals surface area contributed by atoms with Crippen molar-refractivity contribution in [3.63, 3.8) is 0 Å². The quantitative estimate of drug-likeness (QED) is 0.169. The summed E-state index contributed by atoms with van der Waals surface area (Å²) >= 11 is 0. The van der Waals surface area contributed by atoms with Crippen LogP contribution in [0.2, 0.25) is 0 Å². The normalized spacial score (nSPS) is 13.0. The summed E-state index contributed by atoms with van der Waals surface area (Å²) in [5, 5.41) is 4.42. The third kappa shape index (κ3) is 5.15. The predicted octanol–water partition coefficient (Wildman–Crippen LogP) is 16.3. The molecule has 12 rings (SSSR count). The van der Waals surface area contributed by atoms with Gasteiger partial charge in [-0.25, -0.2) is 0 Å². The van der Waals surface area contributed by atoms with Crippen molar-refractivity contribution in [1.29, 1.82) is 0 Å². The average Bonchev–Trinajstić information content (AvgIpc) is 3.94. The topological polar surface area (TPSA) is 29.5 Å². The maximum atomic E-state index is 6.60. The van der Waals surface area contributed by atoms with Gasteiger partial charge >= 0.3 is 0 Å². The van der Waals surface area contributed by atoms with Gasteiger partial charge in [-0.3, -0.25) is 0 Å². The van der Waals surface area contributed by atoms with E-state index in [9.17, 15) is 0 Å². The van der Waals surface area contributed by atoms with Crippen LogP contribution in [0.25, 0.3) is 88.4 Å². The summed E-state index contributed by atoms with van der Waals surface area (Å²) in [5.74, 6) is 0. The molecular formula is C57H39NO2. The van der Waals surface area contributed by atoms with E-state index in [1.807, 2.05) is 18.2 Å². The summed E-state index contributed by atoms with van der Waals surface area (Å²) < 4.78 is 13.2. The first kappa shape index (κ1) is 34.4. The molecule has 284 valence electrons. The van der Waals surface area contributed by atoms with E-state index in [1.54, 1.807) is 0 Å². The second kappa shape index (κ2) is 13.2. The van der Waals surface area contributed by atoms with Gasteiger partial charge < -0.3 is 13.7 Å². The van der Waals surface area contributed by atoms with Crippen molar-refractivity contribution in [3.8, 4) is 44.5 Å². The number of furan rings is 2. The molecule has 2 aromatic heterocycles. The van der Waals surface area contributed by atoms with Crippen molar-refractivity contribution in [3.05, 3.63) is 211 Å². The summed E-state index contributed by atoms with van der Waals surface area (Å²) in [6.07, 6.45) is 0. The first-order valence-electron chi connectivity index (χ1n) is 20.7. The van der Waals surface area contributed by atoms with Crippen molar-refractivity contribution in [1.82, 2.24) is 0 Å². The van der Waals surface area contributed by atoms with Crippen LogP contribution in [0, 0.1) is 0 Å². The molecule has 0 saturated carbocycles. The van der Waals surface area contributed by atoms with E-state index in [0.717, 1.165) is 83.2 Å². The van der Waals surface area contributed by atoms with Gasteiger partial charge in [-0.05, 0) is 99.1 Å². The molecule has 0 fully saturated rings. The molecule has 60 heavy (non-hydrogen) atoms. The minimum Gasteiger partial charge on any atom is -0.456 e. The van der Waals surface area contributed by atoms with E-state index in [0.29, 0.717) is 0 Å². The Bertz CT molecular complexity index is 3480. The Hall–Kier alpha value is -7.62. The van der Waals surface area contributed by atoms with Crippen molar-refractivity contribution >= 4 is 60.9 Å². The van der Waals surface area contributed by atoms with Crippen LogP contribution < -0.4 is 4.90 Å². The van der Waals surface area contributed by atoms with Gasteiger partial charge in [-0.1, -0.05) is 153 Å². The zero-order chi connectivity index (χ0) is 40.0. The standard InChI is InChI=1S/C57H39NO2/c1-57(2)48-24-12-8-19-40(48)41-30-28-37(34-49(41)57)58(38-29-31-44-43-21-10-14-26-51(43)60-54(44)35-38)50-25-13-9-20-42(50)46-32-33-53-56(47-23-11-15-27-52(47)59-53)55(46)45-22-7-6-18-39(45)36-16-4-3-5-17-36/h3-35H,1-2H3. The van der Waals surface area contributed by atoms with Gasteiger partial charge in [0.2, 0.25) is 0 Å². The number of nitrogens with zero attached hydrogens (tertiary/aromatic N) is 1. The Labute approximate surface area is 348 Å². The number of para-hydroxylation sites is 3. The Morgan fingerprint density at radius 3 is 1.77 bits per heavy atom. The van der Waals surface area contributed by atoms with Crippen LogP contribution in [0.15, 0.2) is 209 Å². The van der Waals surface area contributed by atoms with Gasteiger partial charge in [-0.2, -0.15) is 0 Å². The Balaban J connectivity index is 1.15. The molecule has 0 saturated heterocycles. The van der Waals surface area contributed by atoms with Crippen molar-refractivity contribution in [2.75, 3.05) is 4.90 Å². The fourth-order valence-electron chi connectivity index (χ4n) is 9.90. The van der Waals surface area contributed by atoms with Gasteiger partial charge in [0.15, 0.2) is 0 Å². The third-order valence-corrected chi connectivity index (χ3v) is 12.7. The highest BCUT2D eigenvalue weighted by atomic mass is 16.3. The first-order valence-corrected chi connectivity index (χ1v) is 20.7. The number of fused-ring (bicyclic) bond motifs is 9. The first-order chi connectivity index (χ1) is 29.5. The average molecular weight is 770 g/mol. The van der Waals surface area contributed by atoms with Crippen LogP contribution >= 0.6 is 0 Å². The van der Waals surface area contributed by atoms with Crippen LogP contribution in [-0.4, -0.2) is 0 Å². The van der Waals surface area contributed by atoms with Gasteiger partial charge in [0.05, 0.1) is 5.69 Å². The zero-order valence-corrected chi connectivity index (χ0v) is 33.3. The molecule has 1 aliphatic rings. The molecular weight excluding hydrogens is 731 g/mol. The van der Waals surface area contributed by atoms with E-state index in [1.165, 1.54) is 33.4 Å². The number of hydrogen-bond acceptors (Lipinski definition) is 3. The summed E-state index contributed by atoms with van der Waals surface area (Å²) in [7, 11) is 0. The highest BCUT2D eigenvalue weighted by Crippen LogP contribution is 2.53. The highest BCUT2D eigenvalue weighted by Gasteiger charge is 2.36. The fourth-order valence-corrected chi connectivity index (χ4v) is 9.90. The van der Waals surface area contributed by atoms with Gasteiger partial charge in [-0.15, -0.1) is 0 Å². The second-order valence-corrected chi connectivity index (χ2v) is 16.4. The number of anilines is 3. The fraction of sp³-hybridized carbons (Fsp3) is 0.0526. The molecule has 0 bridgehead atoms. The van der Waals surface area contributed by atoms with E-state index in [4.69, 9.17) is 8.83 Å². The number of hydrogen-bond donors (Lipinski definition) is 0. The molecule has 0 spiro atoms. The predicted molar refractivity (Wildman–Crippen MR) is 250 cm³/mol. The number of benzene rings is 9. The summed E-state index contributed by atoms with van der Waals surface area (Å²) in [6.45, 7) is 4.70. The molecule has 11 aromatic rings. The van der Waals surface area contributed by atoms with Gasteiger partial charge in [0.25, 0.3) is 0 Å². The Morgan fingerprint density at radius 1 is 0.367 bits per heavy atom. The molecule has 0 aliphatic heterocycles. The third-order valence-electron chi connectivity index (χ3n) is 12.7. The van der Waals surface area contributed by atoms with Crippen LogP contribution in [0.5, 0.6) is 0 Å². The molecule has 3 heteroatoms. The van der Waals surface area contributed by atoms with Crippen LogP contribution in [-0.2, 0) is 5.41 Å². The highest BCUT2D eigenvalue weighted by molar-refractivity contribution is 6.18. The van der Waals surface area contributed by atoms with Crippen molar-refractivity contribution in [2.45, 2.75) is 19.3 Å². The lowest BCUT2D eigenvalue weighted by atomic mass is 9.82. The molecule has 2 heterocycles. The lowest BCUT2D eigenvalue weighted by Gasteiger charge is -2.30. The Morgan fingerprint density at radius 2 is 0.933 bits per heavy atom. The van der Waals surface area contributed by atoms with E-state index < -0.39 is 0 Å². The lowest BCUT2D eigenvalue weighted by molar-refractivity contribution is 0.660. The second-order valence-electron chi connectivity index (χ2n) is 16.4. The molecule has 9 aromatic carbocycles. The molecule has 0 atom stereocenters. The van der Waals surface area contributed by atoms with Crippen molar-refractivity contribution in [2.24, 2.45) is 0 Å². The van der Waals surface area contributed by atoms with E-state index in [-0.39, 0.29) is 5.41 Å². The van der Waals surface area contributed by atoms with E-state index >= 15 is 0 Å². The molecule has 1 aliphatic carbocycles. The molecule has 0 amide bonds. The zero-order valence-electron chi connectivity index (χ0n) is 33.3. The summed E-state index contributed by atoms with van der Waals surface area (Å²) in [6, 6.07) is 72.0. The van der Waals surface area contributed by atoms with Gasteiger partial charge in [0, 0.05) is 55.5 Å². The van der Waals surface area contributed by atoms with Crippen LogP contribution in [0.4, 0.5) is 17.1 Å². The summed E-state index contributed by atoms with van der Waals surface area (Å²) in [5.41, 5.74) is 18.6. The SMILES string of the molecule is CC1(C)c2ccccc2-c2ccc(N(c3ccc4c(c3)oc3ccccc34)c3ccccc3-c3ccc4oc5ccccc5c4c3-c3ccccc3-c3ccccc3)cc21. The van der Waals surface area contributed by atoms with Crippen LogP contribution in [0.1, 0.15) is 25.0 Å². The minimum atomic E-state index is -0.169. The summed E-state index contributed by atoms with van der Waals surface area (Å²) in [4.78, 5) is 2.42. The monoisotopic (exact) mass is 769 g/mol. The molecule has 0 N–H and O–H groups in total. The number of rotatable bonds is 6. The largest absolute Gasteiger partial charge is 0.456 e. The van der Waals surface area contributed by atoms with Gasteiger partial charge in [0.1, 0.15) is 22.3 Å².